The van der Waals surface area contributed by atoms with Crippen molar-refractivity contribution in [1.29, 1.82) is 0 Å². The number of nitrogens with one attached hydrogen (secondary N) is 2. The molecule has 1 aromatic heterocycles. The molecular formula is C14H9F2N3O. The maximum absolute atomic E-state index is 13.4. The van der Waals surface area contributed by atoms with Gasteiger partial charge in [0.2, 0.25) is 0 Å². The Hall–Kier alpha value is -2.76. The van der Waals surface area contributed by atoms with E-state index in [-0.39, 0.29) is 11.3 Å². The summed E-state index contributed by atoms with van der Waals surface area (Å²) in [5, 5.41) is 0. The molecule has 100 valence electrons. The van der Waals surface area contributed by atoms with Crippen LogP contribution in [-0.2, 0) is 0 Å². The summed E-state index contributed by atoms with van der Waals surface area (Å²) in [6, 6.07) is 8.31. The SMILES string of the molecule is O=c1[nH]c2ccc(N=Cc3ccc(F)cc3F)cc2[nH]1. The fourth-order valence-corrected chi connectivity index (χ4v) is 1.85. The maximum atomic E-state index is 13.4. The second-order valence-corrected chi connectivity index (χ2v) is 4.23. The van der Waals surface area contributed by atoms with Crippen molar-refractivity contribution in [3.05, 3.63) is 64.1 Å². The van der Waals surface area contributed by atoms with Gasteiger partial charge in [0.05, 0.1) is 16.7 Å². The van der Waals surface area contributed by atoms with E-state index in [1.54, 1.807) is 18.2 Å². The largest absolute Gasteiger partial charge is 0.323 e. The number of aliphatic imine (C=N–C) groups is 1. The lowest BCUT2D eigenvalue weighted by Gasteiger charge is -1.97. The fourth-order valence-electron chi connectivity index (χ4n) is 1.85. The normalized spacial score (nSPS) is 11.5. The Balaban J connectivity index is 1.95. The number of aromatic nitrogens is 2. The molecule has 0 aliphatic rings. The molecule has 3 rings (SSSR count). The number of aromatic amines is 2. The average molecular weight is 273 g/mol. The number of nitrogens with zero attached hydrogens (tertiary/aromatic N) is 1. The zero-order chi connectivity index (χ0) is 14.1. The number of fused-ring (bicyclic) bond motifs is 1. The highest BCUT2D eigenvalue weighted by Crippen LogP contribution is 2.17. The molecule has 0 aliphatic carbocycles. The third kappa shape index (κ3) is 2.35. The predicted octanol–water partition coefficient (Wildman–Crippen LogP) is 2.89. The Labute approximate surface area is 111 Å². The lowest BCUT2D eigenvalue weighted by molar-refractivity contribution is 0.582. The molecule has 0 amide bonds. The van der Waals surface area contributed by atoms with Gasteiger partial charge in [-0.15, -0.1) is 0 Å². The summed E-state index contributed by atoms with van der Waals surface area (Å²) < 4.78 is 26.2. The van der Waals surface area contributed by atoms with Crippen molar-refractivity contribution < 1.29 is 8.78 Å². The topological polar surface area (TPSA) is 61.0 Å². The predicted molar refractivity (Wildman–Crippen MR) is 72.5 cm³/mol. The number of hydrogen-bond acceptors (Lipinski definition) is 2. The summed E-state index contributed by atoms with van der Waals surface area (Å²) in [7, 11) is 0. The van der Waals surface area contributed by atoms with Crippen molar-refractivity contribution >= 4 is 22.9 Å². The summed E-state index contributed by atoms with van der Waals surface area (Å²) in [6.07, 6.45) is 1.31. The van der Waals surface area contributed by atoms with Gasteiger partial charge in [-0.3, -0.25) is 4.99 Å². The van der Waals surface area contributed by atoms with Crippen LogP contribution in [0.2, 0.25) is 0 Å². The van der Waals surface area contributed by atoms with Gasteiger partial charge in [0, 0.05) is 17.8 Å². The number of imidazole rings is 1. The van der Waals surface area contributed by atoms with Gasteiger partial charge in [0.1, 0.15) is 11.6 Å². The molecule has 4 nitrogen and oxygen atoms in total. The van der Waals surface area contributed by atoms with Crippen molar-refractivity contribution in [2.45, 2.75) is 0 Å². The minimum atomic E-state index is -0.676. The summed E-state index contributed by atoms with van der Waals surface area (Å²) in [5.41, 5.74) is 1.72. The third-order valence-electron chi connectivity index (χ3n) is 2.81. The standard InChI is InChI=1S/C14H9F2N3O/c15-9-2-1-8(11(16)5-9)7-17-10-3-4-12-13(6-10)19-14(20)18-12/h1-7H,(H2,18,19,20). The second kappa shape index (κ2) is 4.73. The van der Waals surface area contributed by atoms with Crippen LogP contribution in [0.3, 0.4) is 0 Å². The van der Waals surface area contributed by atoms with E-state index in [2.05, 4.69) is 15.0 Å². The number of rotatable bonds is 2. The Kier molecular flexibility index (Phi) is 2.90. The number of H-pyrrole nitrogens is 2. The van der Waals surface area contributed by atoms with E-state index in [0.29, 0.717) is 16.7 Å². The highest BCUT2D eigenvalue weighted by atomic mass is 19.1. The molecule has 0 radical (unpaired) electrons. The minimum Gasteiger partial charge on any atom is -0.306 e. The zero-order valence-corrected chi connectivity index (χ0v) is 10.2. The Bertz CT molecular complexity index is 864. The quantitative estimate of drug-likeness (QED) is 0.693. The van der Waals surface area contributed by atoms with E-state index in [1.165, 1.54) is 12.3 Å². The molecule has 6 heteroatoms. The van der Waals surface area contributed by atoms with Crippen LogP contribution in [0.15, 0.2) is 46.2 Å². The van der Waals surface area contributed by atoms with Gasteiger partial charge < -0.3 is 9.97 Å². The summed E-state index contributed by atoms with van der Waals surface area (Å²) in [4.78, 5) is 20.4. The monoisotopic (exact) mass is 273 g/mol. The summed E-state index contributed by atoms with van der Waals surface area (Å²) in [6.45, 7) is 0. The van der Waals surface area contributed by atoms with Crippen LogP contribution in [0.1, 0.15) is 5.56 Å². The van der Waals surface area contributed by atoms with E-state index in [9.17, 15) is 13.6 Å². The van der Waals surface area contributed by atoms with E-state index < -0.39 is 11.6 Å². The molecule has 0 spiro atoms. The molecule has 2 aromatic carbocycles. The highest BCUT2D eigenvalue weighted by Gasteiger charge is 2.02. The van der Waals surface area contributed by atoms with Crippen molar-refractivity contribution in [3.63, 3.8) is 0 Å². The van der Waals surface area contributed by atoms with E-state index in [1.807, 2.05) is 0 Å². The number of benzene rings is 2. The fraction of sp³-hybridized carbons (Fsp3) is 0. The summed E-state index contributed by atoms with van der Waals surface area (Å²) in [5.74, 6) is -1.31. The second-order valence-electron chi connectivity index (χ2n) is 4.23. The van der Waals surface area contributed by atoms with E-state index >= 15 is 0 Å². The zero-order valence-electron chi connectivity index (χ0n) is 10.2. The van der Waals surface area contributed by atoms with Crippen LogP contribution in [0, 0.1) is 11.6 Å². The third-order valence-corrected chi connectivity index (χ3v) is 2.81. The molecule has 1 heterocycles. The first-order valence-corrected chi connectivity index (χ1v) is 5.83. The van der Waals surface area contributed by atoms with Gasteiger partial charge in [-0.05, 0) is 30.3 Å². The molecule has 0 bridgehead atoms. The van der Waals surface area contributed by atoms with Gasteiger partial charge in [-0.2, -0.15) is 0 Å². The molecule has 20 heavy (non-hydrogen) atoms. The smallest absolute Gasteiger partial charge is 0.306 e. The number of hydrogen-bond donors (Lipinski definition) is 2. The van der Waals surface area contributed by atoms with Crippen LogP contribution in [0.4, 0.5) is 14.5 Å². The molecule has 0 saturated heterocycles. The first-order valence-electron chi connectivity index (χ1n) is 5.83. The van der Waals surface area contributed by atoms with Crippen LogP contribution < -0.4 is 5.69 Å². The van der Waals surface area contributed by atoms with Gasteiger partial charge >= 0.3 is 5.69 Å². The van der Waals surface area contributed by atoms with Gasteiger partial charge in [0.15, 0.2) is 0 Å². The minimum absolute atomic E-state index is 0.189. The molecule has 0 aliphatic heterocycles. The maximum Gasteiger partial charge on any atom is 0.323 e. The molecular weight excluding hydrogens is 264 g/mol. The lowest BCUT2D eigenvalue weighted by Crippen LogP contribution is -1.99. The van der Waals surface area contributed by atoms with Gasteiger partial charge in [-0.1, -0.05) is 0 Å². The van der Waals surface area contributed by atoms with Crippen molar-refractivity contribution in [2.24, 2.45) is 4.99 Å². The molecule has 3 aromatic rings. The van der Waals surface area contributed by atoms with Gasteiger partial charge in [0.25, 0.3) is 0 Å². The van der Waals surface area contributed by atoms with Crippen LogP contribution in [0.5, 0.6) is 0 Å². The van der Waals surface area contributed by atoms with E-state index in [4.69, 9.17) is 0 Å². The Morgan fingerprint density at radius 3 is 2.60 bits per heavy atom. The highest BCUT2D eigenvalue weighted by molar-refractivity contribution is 5.84. The first kappa shape index (κ1) is 12.3. The molecule has 0 atom stereocenters. The summed E-state index contributed by atoms with van der Waals surface area (Å²) >= 11 is 0. The van der Waals surface area contributed by atoms with Crippen LogP contribution in [-0.4, -0.2) is 16.2 Å². The molecule has 2 N–H and O–H groups in total. The molecule has 0 unspecified atom stereocenters. The van der Waals surface area contributed by atoms with Crippen molar-refractivity contribution in [2.75, 3.05) is 0 Å². The molecule has 0 saturated carbocycles. The average Bonchev–Trinajstić information content (AvgIpc) is 2.77. The lowest BCUT2D eigenvalue weighted by atomic mass is 10.2. The Morgan fingerprint density at radius 1 is 1.00 bits per heavy atom. The van der Waals surface area contributed by atoms with Crippen molar-refractivity contribution in [3.8, 4) is 0 Å². The van der Waals surface area contributed by atoms with E-state index in [0.717, 1.165) is 12.1 Å². The first-order chi connectivity index (χ1) is 9.61. The van der Waals surface area contributed by atoms with Gasteiger partial charge in [-0.25, -0.2) is 13.6 Å². The molecule has 0 fully saturated rings. The Morgan fingerprint density at radius 2 is 1.80 bits per heavy atom. The van der Waals surface area contributed by atoms with Crippen molar-refractivity contribution in [1.82, 2.24) is 9.97 Å². The van der Waals surface area contributed by atoms with Crippen LogP contribution >= 0.6 is 0 Å². The van der Waals surface area contributed by atoms with Crippen LogP contribution in [0.25, 0.3) is 11.0 Å². The number of halogens is 2.